The second-order valence-corrected chi connectivity index (χ2v) is 11.9. The van der Waals surface area contributed by atoms with E-state index >= 15 is 0 Å². The molecule has 3 heterocycles. The van der Waals surface area contributed by atoms with Crippen molar-refractivity contribution >= 4 is 45.6 Å². The van der Waals surface area contributed by atoms with Gasteiger partial charge in [0.2, 0.25) is 23.6 Å². The predicted octanol–water partition coefficient (Wildman–Crippen LogP) is 5.75. The Morgan fingerprint density at radius 3 is 2.43 bits per heavy atom. The highest BCUT2D eigenvalue weighted by Gasteiger charge is 2.26. The molecular weight excluding hydrogens is 592 g/mol. The summed E-state index contributed by atoms with van der Waals surface area (Å²) in [5.74, 6) is -0.0797. The molecule has 0 spiro atoms. The summed E-state index contributed by atoms with van der Waals surface area (Å²) >= 11 is 0. The van der Waals surface area contributed by atoms with Gasteiger partial charge in [-0.25, -0.2) is 4.98 Å². The summed E-state index contributed by atoms with van der Waals surface area (Å²) in [4.78, 5) is 48.2. The maximum Gasteiger partial charge on any atom is 0.245 e. The van der Waals surface area contributed by atoms with Crippen LogP contribution in [0.25, 0.3) is 27.9 Å². The van der Waals surface area contributed by atoms with Crippen LogP contribution in [0.1, 0.15) is 50.3 Å². The lowest BCUT2D eigenvalue weighted by atomic mass is 10.0. The summed E-state index contributed by atoms with van der Waals surface area (Å²) in [5, 5.41) is 4.89. The molecule has 5 aromatic rings. The average molecular weight is 637 g/mol. The molecule has 0 saturated carbocycles. The zero-order chi connectivity index (χ0) is 33.8. The lowest BCUT2D eigenvalue weighted by Gasteiger charge is -2.27. The molecule has 5 N–H and O–H groups in total. The first-order valence-corrected chi connectivity index (χ1v) is 15.8. The fourth-order valence-electron chi connectivity index (χ4n) is 5.27. The third-order valence-corrected chi connectivity index (χ3v) is 7.72. The van der Waals surface area contributed by atoms with E-state index in [0.717, 1.165) is 44.9 Å². The number of amides is 3. The number of benzene rings is 2. The van der Waals surface area contributed by atoms with Gasteiger partial charge in [-0.15, -0.1) is 0 Å². The Labute approximate surface area is 275 Å². The molecule has 0 aliphatic carbocycles. The fraction of sp³-hybridized carbons (Fsp3) is 0.297. The number of ether oxygens (including phenoxy) is 1. The number of nitrogens with one attached hydrogen (secondary N) is 3. The summed E-state index contributed by atoms with van der Waals surface area (Å²) < 4.78 is 5.71. The monoisotopic (exact) mass is 636 g/mol. The molecule has 2 aromatic carbocycles. The van der Waals surface area contributed by atoms with Crippen molar-refractivity contribution in [3.8, 4) is 5.88 Å². The van der Waals surface area contributed by atoms with Crippen LogP contribution >= 0.6 is 0 Å². The molecular formula is C37H44N6O4. The third-order valence-electron chi connectivity index (χ3n) is 7.72. The van der Waals surface area contributed by atoms with Crippen LogP contribution in [-0.4, -0.2) is 56.7 Å². The minimum Gasteiger partial charge on any atom is -0.473 e. The molecule has 10 nitrogen and oxygen atoms in total. The van der Waals surface area contributed by atoms with Crippen LogP contribution in [0, 0.1) is 5.92 Å². The fourth-order valence-corrected chi connectivity index (χ4v) is 5.27. The van der Waals surface area contributed by atoms with Crippen LogP contribution in [-0.2, 0) is 27.4 Å². The number of carbonyl (C=O) groups excluding carboxylic acids is 3. The van der Waals surface area contributed by atoms with Gasteiger partial charge >= 0.3 is 0 Å². The molecule has 47 heavy (non-hydrogen) atoms. The van der Waals surface area contributed by atoms with Gasteiger partial charge < -0.3 is 30.7 Å². The predicted molar refractivity (Wildman–Crippen MR) is 186 cm³/mol. The average Bonchev–Trinajstić information content (AvgIpc) is 3.67. The van der Waals surface area contributed by atoms with Crippen LogP contribution in [0.4, 0.5) is 0 Å². The Bertz CT molecular complexity index is 1790. The van der Waals surface area contributed by atoms with Crippen LogP contribution in [0.5, 0.6) is 5.88 Å². The number of hydrogen-bond donors (Lipinski definition) is 4. The summed E-state index contributed by atoms with van der Waals surface area (Å²) in [5.41, 5.74) is 10.6. The Morgan fingerprint density at radius 2 is 1.72 bits per heavy atom. The van der Waals surface area contributed by atoms with Gasteiger partial charge in [0.05, 0.1) is 18.3 Å². The highest BCUT2D eigenvalue weighted by atomic mass is 16.5. The molecule has 0 fully saturated rings. The van der Waals surface area contributed by atoms with E-state index in [0.29, 0.717) is 37.8 Å². The molecule has 3 amide bonds. The van der Waals surface area contributed by atoms with Crippen molar-refractivity contribution in [1.82, 2.24) is 25.2 Å². The second kappa shape index (κ2) is 16.8. The number of carbonyl (C=O) groups is 3. The largest absolute Gasteiger partial charge is 0.473 e. The summed E-state index contributed by atoms with van der Waals surface area (Å²) in [6.45, 7) is 10.0. The smallest absolute Gasteiger partial charge is 0.245 e. The number of aromatic amines is 2. The van der Waals surface area contributed by atoms with E-state index in [4.69, 9.17) is 10.5 Å². The van der Waals surface area contributed by atoms with Crippen molar-refractivity contribution in [2.75, 3.05) is 13.1 Å². The molecule has 0 aliphatic rings. The summed E-state index contributed by atoms with van der Waals surface area (Å²) in [7, 11) is 0. The number of para-hydroxylation sites is 1. The van der Waals surface area contributed by atoms with Gasteiger partial charge in [0.15, 0.2) is 0 Å². The van der Waals surface area contributed by atoms with Gasteiger partial charge in [-0.2, -0.15) is 0 Å². The molecule has 1 unspecified atom stereocenters. The minimum absolute atomic E-state index is 0.168. The Morgan fingerprint density at radius 1 is 1.00 bits per heavy atom. The number of aromatic nitrogens is 3. The van der Waals surface area contributed by atoms with Crippen LogP contribution < -0.4 is 15.8 Å². The van der Waals surface area contributed by atoms with E-state index < -0.39 is 11.9 Å². The van der Waals surface area contributed by atoms with Crippen LogP contribution in [0.2, 0.25) is 0 Å². The van der Waals surface area contributed by atoms with Gasteiger partial charge in [0.25, 0.3) is 0 Å². The molecule has 0 saturated heterocycles. The van der Waals surface area contributed by atoms with E-state index in [9.17, 15) is 14.4 Å². The molecule has 5 rings (SSSR count). The van der Waals surface area contributed by atoms with Gasteiger partial charge in [-0.05, 0) is 47.9 Å². The van der Waals surface area contributed by atoms with Crippen molar-refractivity contribution in [1.29, 1.82) is 0 Å². The normalized spacial score (nSPS) is 11.5. The van der Waals surface area contributed by atoms with Crippen molar-refractivity contribution < 1.29 is 19.1 Å². The van der Waals surface area contributed by atoms with Gasteiger partial charge in [0, 0.05) is 48.2 Å². The molecule has 1 atom stereocenters. The van der Waals surface area contributed by atoms with Crippen molar-refractivity contribution in [2.45, 2.75) is 52.7 Å². The number of primary amides is 1. The second-order valence-electron chi connectivity index (χ2n) is 11.9. The molecule has 3 aromatic heterocycles. The summed E-state index contributed by atoms with van der Waals surface area (Å²) in [6, 6.07) is 19.3. The molecule has 10 heteroatoms. The highest BCUT2D eigenvalue weighted by molar-refractivity contribution is 5.90. The molecule has 0 bridgehead atoms. The van der Waals surface area contributed by atoms with E-state index in [2.05, 4.69) is 40.7 Å². The zero-order valence-corrected chi connectivity index (χ0v) is 27.3. The Balaban J connectivity index is 0.000000228. The van der Waals surface area contributed by atoms with Gasteiger partial charge in [0.1, 0.15) is 12.6 Å². The number of pyridine rings is 1. The first kappa shape index (κ1) is 34.5. The number of H-pyrrole nitrogens is 2. The standard InChI is InChI=1S/C21H30N4O3.C16H14N2O/c1-14(2)8-9-19(24-15(3)26)21(28)25(13-20(22)27)11-10-16-12-23-18-7-5-4-6-17(16)18;1-2-13-9-17-15-10-18-16(8-14(13)15)19-11-12-6-4-3-5-7-12/h4-7,12,14,19,23H,8-11,13H2,1-3H3,(H2,22,27)(H,24,26);2-10,17H,1,11H2. The van der Waals surface area contributed by atoms with Gasteiger partial charge in [-0.3, -0.25) is 14.4 Å². The zero-order valence-electron chi connectivity index (χ0n) is 27.3. The first-order valence-electron chi connectivity index (χ1n) is 15.8. The summed E-state index contributed by atoms with van der Waals surface area (Å²) in [6.07, 6.45) is 9.34. The van der Waals surface area contributed by atoms with Gasteiger partial charge in [-0.1, -0.05) is 75.0 Å². The lowest BCUT2D eigenvalue weighted by molar-refractivity contribution is -0.138. The quantitative estimate of drug-likeness (QED) is 0.123. The highest BCUT2D eigenvalue weighted by Crippen LogP contribution is 2.23. The number of fused-ring (bicyclic) bond motifs is 2. The third kappa shape index (κ3) is 10.1. The maximum absolute atomic E-state index is 13.0. The van der Waals surface area contributed by atoms with E-state index in [1.165, 1.54) is 11.8 Å². The lowest BCUT2D eigenvalue weighted by Crippen LogP contribution is -2.50. The van der Waals surface area contributed by atoms with Crippen LogP contribution in [0.15, 0.2) is 85.8 Å². The number of rotatable bonds is 14. The number of hydrogen-bond acceptors (Lipinski definition) is 5. The van der Waals surface area contributed by atoms with Crippen LogP contribution in [0.3, 0.4) is 0 Å². The van der Waals surface area contributed by atoms with Crippen molar-refractivity contribution in [3.63, 3.8) is 0 Å². The Kier molecular flexibility index (Phi) is 12.3. The Hall–Kier alpha value is -5.38. The number of nitrogens with two attached hydrogens (primary N) is 1. The van der Waals surface area contributed by atoms with E-state index in [1.54, 1.807) is 6.20 Å². The first-order chi connectivity index (χ1) is 22.6. The van der Waals surface area contributed by atoms with E-state index in [1.807, 2.05) is 79.1 Å². The molecule has 0 aliphatic heterocycles. The SMILES string of the molecule is C=Cc1c[nH]c2cnc(OCc3ccccc3)cc12.CC(=O)NC(CCC(C)C)C(=O)N(CCc1c[nH]c2ccccc12)CC(N)=O. The minimum atomic E-state index is -0.651. The van der Waals surface area contributed by atoms with Crippen molar-refractivity contribution in [2.24, 2.45) is 11.7 Å². The molecule has 0 radical (unpaired) electrons. The topological polar surface area (TPSA) is 146 Å². The maximum atomic E-state index is 13.0. The number of nitrogens with zero attached hydrogens (tertiary/aromatic N) is 2. The van der Waals surface area contributed by atoms with E-state index in [-0.39, 0.29) is 18.4 Å². The molecule has 246 valence electrons. The van der Waals surface area contributed by atoms with Crippen molar-refractivity contribution in [3.05, 3.63) is 103 Å².